The fourth-order valence-corrected chi connectivity index (χ4v) is 0.881. The Hall–Kier alpha value is -0.160. The molecule has 0 aliphatic carbocycles. The summed E-state index contributed by atoms with van der Waals surface area (Å²) in [5, 5.41) is 29.2. The molecule has 4 heteroatoms. The van der Waals surface area contributed by atoms with Crippen molar-refractivity contribution in [3.8, 4) is 0 Å². The van der Waals surface area contributed by atoms with Crippen LogP contribution in [-0.2, 0) is 0 Å². The van der Waals surface area contributed by atoms with Gasteiger partial charge in [-0.3, -0.25) is 5.32 Å². The number of aliphatic hydroxyl groups is 3. The fraction of sp³-hybridized carbons (Fsp3) is 1.00. The molecule has 0 aromatic carbocycles. The molecular weight excluding hydrogens is 122 g/mol. The molecule has 1 aliphatic rings. The van der Waals surface area contributed by atoms with E-state index >= 15 is 0 Å². The third-order valence-electron chi connectivity index (χ3n) is 1.51. The maximum absolute atomic E-state index is 8.90. The van der Waals surface area contributed by atoms with Gasteiger partial charge < -0.3 is 15.3 Å². The predicted octanol–water partition coefficient (Wildman–Crippen LogP) is -1.98. The van der Waals surface area contributed by atoms with Gasteiger partial charge in [0.05, 0.1) is 6.10 Å². The van der Waals surface area contributed by atoms with Crippen molar-refractivity contribution in [3.05, 3.63) is 0 Å². The Balaban J connectivity index is 2.41. The van der Waals surface area contributed by atoms with Crippen molar-refractivity contribution in [2.24, 2.45) is 0 Å². The van der Waals surface area contributed by atoms with Gasteiger partial charge in [-0.1, -0.05) is 0 Å². The highest BCUT2D eigenvalue weighted by Crippen LogP contribution is 2.06. The van der Waals surface area contributed by atoms with Crippen LogP contribution in [-0.4, -0.2) is 40.3 Å². The van der Waals surface area contributed by atoms with E-state index in [1.807, 2.05) is 0 Å². The van der Waals surface area contributed by atoms with Gasteiger partial charge in [0.1, 0.15) is 12.3 Å². The van der Waals surface area contributed by atoms with Gasteiger partial charge in [0.15, 0.2) is 0 Å². The smallest absolute Gasteiger partial charge is 0.133 e. The minimum atomic E-state index is -1.03. The maximum Gasteiger partial charge on any atom is 0.133 e. The Labute approximate surface area is 53.1 Å². The van der Waals surface area contributed by atoms with Crippen molar-refractivity contribution in [2.45, 2.75) is 24.9 Å². The van der Waals surface area contributed by atoms with Gasteiger partial charge in [-0.05, 0) is 6.42 Å². The number of aliphatic hydroxyl groups excluding tert-OH is 3. The molecule has 9 heavy (non-hydrogen) atoms. The molecule has 0 aromatic rings. The van der Waals surface area contributed by atoms with Gasteiger partial charge in [0.2, 0.25) is 0 Å². The summed E-state index contributed by atoms with van der Waals surface area (Å²) in [5.74, 6) is 0. The Morgan fingerprint density at radius 2 is 1.89 bits per heavy atom. The largest absolute Gasteiger partial charge is 0.390 e. The third kappa shape index (κ3) is 1.40. The summed E-state index contributed by atoms with van der Waals surface area (Å²) >= 11 is 0. The summed E-state index contributed by atoms with van der Waals surface area (Å²) in [6.45, 7) is 0.555. The van der Waals surface area contributed by atoms with Gasteiger partial charge >= 0.3 is 0 Å². The van der Waals surface area contributed by atoms with Crippen LogP contribution in [0.4, 0.5) is 0 Å². The van der Waals surface area contributed by atoms with Crippen LogP contribution in [0.2, 0.25) is 0 Å². The standard InChI is InChI=1S/C5H11NO3/c7-3-1-2-6-5(9)4(3)8/h3-9H,1-2H2/t3-,4+,5?/m1/s1. The average Bonchev–Trinajstić information content (AvgIpc) is 1.83. The first-order valence-electron chi connectivity index (χ1n) is 2.99. The van der Waals surface area contributed by atoms with E-state index in [1.54, 1.807) is 0 Å². The summed E-state index contributed by atoms with van der Waals surface area (Å²) in [6.07, 6.45) is -2.27. The molecule has 1 saturated heterocycles. The molecule has 0 amide bonds. The normalized spacial score (nSPS) is 45.0. The molecule has 1 aliphatic heterocycles. The summed E-state index contributed by atoms with van der Waals surface area (Å²) < 4.78 is 0. The third-order valence-corrected chi connectivity index (χ3v) is 1.51. The zero-order chi connectivity index (χ0) is 6.85. The van der Waals surface area contributed by atoms with E-state index in [9.17, 15) is 0 Å². The van der Waals surface area contributed by atoms with Gasteiger partial charge in [-0.2, -0.15) is 0 Å². The van der Waals surface area contributed by atoms with E-state index in [2.05, 4.69) is 5.32 Å². The van der Waals surface area contributed by atoms with Gasteiger partial charge in [0, 0.05) is 6.54 Å². The van der Waals surface area contributed by atoms with E-state index in [1.165, 1.54) is 0 Å². The summed E-state index contributed by atoms with van der Waals surface area (Å²) in [7, 11) is 0. The Morgan fingerprint density at radius 1 is 1.22 bits per heavy atom. The Morgan fingerprint density at radius 3 is 2.33 bits per heavy atom. The van der Waals surface area contributed by atoms with Crippen LogP contribution in [0.5, 0.6) is 0 Å². The first kappa shape index (κ1) is 6.95. The number of hydrogen-bond acceptors (Lipinski definition) is 4. The Kier molecular flexibility index (Phi) is 2.02. The number of nitrogens with one attached hydrogen (secondary N) is 1. The molecule has 4 N–H and O–H groups in total. The highest BCUT2D eigenvalue weighted by molar-refractivity contribution is 4.79. The first-order valence-corrected chi connectivity index (χ1v) is 2.99. The van der Waals surface area contributed by atoms with Crippen LogP contribution in [0, 0.1) is 0 Å². The van der Waals surface area contributed by atoms with Gasteiger partial charge in [0.25, 0.3) is 0 Å². The van der Waals surface area contributed by atoms with E-state index in [4.69, 9.17) is 15.3 Å². The van der Waals surface area contributed by atoms with Gasteiger partial charge in [-0.15, -0.1) is 0 Å². The van der Waals surface area contributed by atoms with Crippen molar-refractivity contribution in [1.29, 1.82) is 0 Å². The zero-order valence-electron chi connectivity index (χ0n) is 4.99. The van der Waals surface area contributed by atoms with Crippen molar-refractivity contribution in [2.75, 3.05) is 6.54 Å². The number of hydrogen-bond donors (Lipinski definition) is 4. The lowest BCUT2D eigenvalue weighted by Crippen LogP contribution is -2.52. The van der Waals surface area contributed by atoms with E-state index < -0.39 is 18.4 Å². The topological polar surface area (TPSA) is 72.7 Å². The molecule has 0 spiro atoms. The molecule has 3 atom stereocenters. The molecule has 1 rings (SSSR count). The number of rotatable bonds is 0. The molecule has 54 valence electrons. The van der Waals surface area contributed by atoms with Crippen LogP contribution in [0.3, 0.4) is 0 Å². The van der Waals surface area contributed by atoms with Crippen molar-refractivity contribution in [3.63, 3.8) is 0 Å². The lowest BCUT2D eigenvalue weighted by Gasteiger charge is -2.28. The Bertz CT molecular complexity index is 88.2. The number of piperidine rings is 1. The van der Waals surface area contributed by atoms with E-state index in [0.29, 0.717) is 13.0 Å². The van der Waals surface area contributed by atoms with Crippen LogP contribution in [0.15, 0.2) is 0 Å². The molecule has 0 saturated carbocycles. The highest BCUT2D eigenvalue weighted by Gasteiger charge is 2.27. The molecule has 1 unspecified atom stereocenters. The SMILES string of the molecule is OC1NCC[C@@H](O)[C@@H]1O. The second kappa shape index (κ2) is 2.62. The summed E-state index contributed by atoms with van der Waals surface area (Å²) in [4.78, 5) is 0. The first-order chi connectivity index (χ1) is 4.22. The van der Waals surface area contributed by atoms with Crippen molar-refractivity contribution < 1.29 is 15.3 Å². The molecule has 1 fully saturated rings. The molecule has 0 aromatic heterocycles. The highest BCUT2D eigenvalue weighted by atomic mass is 16.4. The van der Waals surface area contributed by atoms with Gasteiger partial charge in [-0.25, -0.2) is 0 Å². The fourth-order valence-electron chi connectivity index (χ4n) is 0.881. The monoisotopic (exact) mass is 133 g/mol. The van der Waals surface area contributed by atoms with Crippen LogP contribution >= 0.6 is 0 Å². The lowest BCUT2D eigenvalue weighted by atomic mass is 10.1. The quantitative estimate of drug-likeness (QED) is 0.309. The average molecular weight is 133 g/mol. The molecule has 0 radical (unpaired) electrons. The lowest BCUT2D eigenvalue weighted by molar-refractivity contribution is -0.0931. The zero-order valence-corrected chi connectivity index (χ0v) is 4.99. The minimum absolute atomic E-state index is 0.498. The molecule has 1 heterocycles. The van der Waals surface area contributed by atoms with Crippen LogP contribution in [0.1, 0.15) is 6.42 Å². The van der Waals surface area contributed by atoms with E-state index in [0.717, 1.165) is 0 Å². The summed E-state index contributed by atoms with van der Waals surface area (Å²) in [5.41, 5.74) is 0. The van der Waals surface area contributed by atoms with Crippen LogP contribution < -0.4 is 5.32 Å². The van der Waals surface area contributed by atoms with E-state index in [-0.39, 0.29) is 0 Å². The summed E-state index contributed by atoms with van der Waals surface area (Å²) in [6, 6.07) is 0. The van der Waals surface area contributed by atoms with Crippen molar-refractivity contribution in [1.82, 2.24) is 5.32 Å². The molecule has 0 bridgehead atoms. The molecular formula is C5H11NO3. The molecule has 4 nitrogen and oxygen atoms in total. The predicted molar refractivity (Wildman–Crippen MR) is 30.6 cm³/mol. The van der Waals surface area contributed by atoms with Crippen LogP contribution in [0.25, 0.3) is 0 Å². The second-order valence-corrected chi connectivity index (χ2v) is 2.25. The van der Waals surface area contributed by atoms with Crippen molar-refractivity contribution >= 4 is 0 Å². The maximum atomic E-state index is 8.90. The minimum Gasteiger partial charge on any atom is -0.390 e. The second-order valence-electron chi connectivity index (χ2n) is 2.25.